The van der Waals surface area contributed by atoms with Crippen LogP contribution in [0.1, 0.15) is 45.9 Å². The maximum Gasteiger partial charge on any atom is 0.251 e. The van der Waals surface area contributed by atoms with E-state index in [2.05, 4.69) is 11.4 Å². The van der Waals surface area contributed by atoms with Crippen molar-refractivity contribution in [1.82, 2.24) is 5.32 Å². The lowest BCUT2D eigenvalue weighted by Gasteiger charge is -2.38. The van der Waals surface area contributed by atoms with Crippen molar-refractivity contribution in [1.29, 1.82) is 0 Å². The summed E-state index contributed by atoms with van der Waals surface area (Å²) in [6.07, 6.45) is 1.94. The first kappa shape index (κ1) is 16.9. The van der Waals surface area contributed by atoms with Crippen LogP contribution in [0.2, 0.25) is 0 Å². The highest BCUT2D eigenvalue weighted by Gasteiger charge is 2.36. The zero-order chi connectivity index (χ0) is 18.3. The number of carbonyl (C=O) groups excluding carboxylic acids is 1. The highest BCUT2D eigenvalue weighted by molar-refractivity contribution is 5.95. The number of hydrogen-bond donors (Lipinski definition) is 3. The number of aromatic hydroxyl groups is 1. The monoisotopic (exact) mass is 353 g/mol. The quantitative estimate of drug-likeness (QED) is 0.790. The summed E-state index contributed by atoms with van der Waals surface area (Å²) in [6.45, 7) is 2.49. The average Bonchev–Trinajstić information content (AvgIpc) is 3.07. The predicted octanol–water partition coefficient (Wildman–Crippen LogP) is 2.88. The number of ether oxygens (including phenoxy) is 1. The normalized spacial score (nSPS) is 22.1. The number of rotatable bonds is 4. The van der Waals surface area contributed by atoms with Gasteiger partial charge < -0.3 is 20.3 Å². The number of aryl methyl sites for hydroxylation is 1. The van der Waals surface area contributed by atoms with Crippen molar-refractivity contribution in [3.63, 3.8) is 0 Å². The molecular formula is C21H23NO4. The third-order valence-corrected chi connectivity index (χ3v) is 5.45. The van der Waals surface area contributed by atoms with Crippen molar-refractivity contribution in [2.45, 2.75) is 38.3 Å². The number of phenolic OH excluding ortho intramolecular Hbond substituents is 1. The van der Waals surface area contributed by atoms with Crippen molar-refractivity contribution >= 4 is 5.91 Å². The molecule has 0 radical (unpaired) electrons. The molecular weight excluding hydrogens is 330 g/mol. The Bertz CT molecular complexity index is 842. The van der Waals surface area contributed by atoms with E-state index in [1.807, 2.05) is 12.1 Å². The van der Waals surface area contributed by atoms with Crippen LogP contribution in [0.15, 0.2) is 36.4 Å². The molecule has 1 atom stereocenters. The molecule has 0 bridgehead atoms. The van der Waals surface area contributed by atoms with Gasteiger partial charge in [0.1, 0.15) is 11.5 Å². The number of benzene rings is 2. The van der Waals surface area contributed by atoms with Crippen molar-refractivity contribution in [3.8, 4) is 11.5 Å². The van der Waals surface area contributed by atoms with Gasteiger partial charge in [0.15, 0.2) is 0 Å². The van der Waals surface area contributed by atoms with Crippen LogP contribution >= 0.6 is 0 Å². The molecule has 5 nitrogen and oxygen atoms in total. The molecule has 4 rings (SSSR count). The smallest absolute Gasteiger partial charge is 0.251 e. The number of fused-ring (bicyclic) bond motifs is 1. The molecule has 1 aliphatic carbocycles. The highest BCUT2D eigenvalue weighted by Crippen LogP contribution is 2.40. The molecule has 1 aliphatic heterocycles. The Morgan fingerprint density at radius 3 is 2.77 bits per heavy atom. The van der Waals surface area contributed by atoms with E-state index in [0.717, 1.165) is 28.9 Å². The first-order valence-electron chi connectivity index (χ1n) is 9.05. The van der Waals surface area contributed by atoms with Crippen LogP contribution in [-0.4, -0.2) is 28.8 Å². The Labute approximate surface area is 152 Å². The molecule has 0 unspecified atom stereocenters. The first-order chi connectivity index (χ1) is 12.5. The van der Waals surface area contributed by atoms with Crippen molar-refractivity contribution < 1.29 is 19.7 Å². The minimum atomic E-state index is -0.291. The SMILES string of the molecule is Cc1ccc(C(=O)N[C@@H](c2ccc3c(c2)CCO3)C2CC(O)C2)cc1O. The van der Waals surface area contributed by atoms with Crippen LogP contribution in [0.3, 0.4) is 0 Å². The van der Waals surface area contributed by atoms with Gasteiger partial charge in [0.25, 0.3) is 5.91 Å². The van der Waals surface area contributed by atoms with Gasteiger partial charge in [-0.25, -0.2) is 0 Å². The predicted molar refractivity (Wildman–Crippen MR) is 97.4 cm³/mol. The molecule has 0 aromatic heterocycles. The number of aliphatic hydroxyl groups excluding tert-OH is 1. The van der Waals surface area contributed by atoms with Crippen molar-refractivity contribution in [2.24, 2.45) is 5.92 Å². The molecule has 0 spiro atoms. The van der Waals surface area contributed by atoms with Gasteiger partial charge in [0.2, 0.25) is 0 Å². The number of nitrogens with one attached hydrogen (secondary N) is 1. The van der Waals surface area contributed by atoms with Crippen LogP contribution < -0.4 is 10.1 Å². The third-order valence-electron chi connectivity index (χ3n) is 5.45. The molecule has 26 heavy (non-hydrogen) atoms. The highest BCUT2D eigenvalue weighted by atomic mass is 16.5. The van der Waals surface area contributed by atoms with E-state index in [1.165, 1.54) is 6.07 Å². The molecule has 1 fully saturated rings. The Morgan fingerprint density at radius 2 is 2.04 bits per heavy atom. The second-order valence-electron chi connectivity index (χ2n) is 7.30. The molecule has 1 amide bonds. The lowest BCUT2D eigenvalue weighted by atomic mass is 9.74. The van der Waals surface area contributed by atoms with Crippen LogP contribution in [-0.2, 0) is 6.42 Å². The van der Waals surface area contributed by atoms with Gasteiger partial charge >= 0.3 is 0 Å². The molecule has 2 aromatic rings. The van der Waals surface area contributed by atoms with Crippen molar-refractivity contribution in [3.05, 3.63) is 58.7 Å². The largest absolute Gasteiger partial charge is 0.508 e. The summed E-state index contributed by atoms with van der Waals surface area (Å²) in [5, 5.41) is 22.7. The van der Waals surface area contributed by atoms with Crippen LogP contribution in [0.25, 0.3) is 0 Å². The fourth-order valence-electron chi connectivity index (χ4n) is 3.75. The van der Waals surface area contributed by atoms with E-state index >= 15 is 0 Å². The molecule has 3 N–H and O–H groups in total. The summed E-state index contributed by atoms with van der Waals surface area (Å²) in [5.74, 6) is 1.01. The van der Waals surface area contributed by atoms with E-state index in [9.17, 15) is 15.0 Å². The number of amides is 1. The molecule has 2 aromatic carbocycles. The Balaban J connectivity index is 1.59. The second-order valence-corrected chi connectivity index (χ2v) is 7.30. The molecule has 1 saturated carbocycles. The maximum absolute atomic E-state index is 12.7. The summed E-state index contributed by atoms with van der Waals surface area (Å²) in [4.78, 5) is 12.7. The zero-order valence-electron chi connectivity index (χ0n) is 14.7. The molecule has 1 heterocycles. The number of aliphatic hydroxyl groups is 1. The minimum absolute atomic E-state index is 0.114. The van der Waals surface area contributed by atoms with E-state index in [0.29, 0.717) is 25.0 Å². The van der Waals surface area contributed by atoms with Gasteiger partial charge in [-0.15, -0.1) is 0 Å². The van der Waals surface area contributed by atoms with Gasteiger partial charge in [0, 0.05) is 12.0 Å². The molecule has 136 valence electrons. The molecule has 5 heteroatoms. The average molecular weight is 353 g/mol. The van der Waals surface area contributed by atoms with Gasteiger partial charge in [-0.1, -0.05) is 12.1 Å². The first-order valence-corrected chi connectivity index (χ1v) is 9.05. The van der Waals surface area contributed by atoms with E-state index in [4.69, 9.17) is 4.74 Å². The second kappa shape index (κ2) is 6.65. The van der Waals surface area contributed by atoms with Gasteiger partial charge in [-0.05, 0) is 66.6 Å². The standard InChI is InChI=1S/C21H23NO4/c1-12-2-3-15(11-18(12)24)21(25)22-20(16-9-17(23)10-16)14-4-5-19-13(8-14)6-7-26-19/h2-5,8,11,16-17,20,23-24H,6-7,9-10H2,1H3,(H,22,25)/t16?,17?,20-/m0/s1. The van der Waals surface area contributed by atoms with Crippen LogP contribution in [0.4, 0.5) is 0 Å². The number of hydrogen-bond acceptors (Lipinski definition) is 4. The zero-order valence-corrected chi connectivity index (χ0v) is 14.7. The topological polar surface area (TPSA) is 78.8 Å². The number of carbonyl (C=O) groups is 1. The van der Waals surface area contributed by atoms with Gasteiger partial charge in [-0.2, -0.15) is 0 Å². The maximum atomic E-state index is 12.7. The van der Waals surface area contributed by atoms with Gasteiger partial charge in [0.05, 0.1) is 18.8 Å². The summed E-state index contributed by atoms with van der Waals surface area (Å²) in [7, 11) is 0. The summed E-state index contributed by atoms with van der Waals surface area (Å²) in [6, 6.07) is 10.8. The Morgan fingerprint density at radius 1 is 1.23 bits per heavy atom. The fraction of sp³-hybridized carbons (Fsp3) is 0.381. The fourth-order valence-corrected chi connectivity index (χ4v) is 3.75. The third kappa shape index (κ3) is 3.15. The van der Waals surface area contributed by atoms with E-state index in [1.54, 1.807) is 19.1 Å². The minimum Gasteiger partial charge on any atom is -0.508 e. The summed E-state index contributed by atoms with van der Waals surface area (Å²) in [5.41, 5.74) is 3.37. The van der Waals surface area contributed by atoms with E-state index in [-0.39, 0.29) is 29.7 Å². The van der Waals surface area contributed by atoms with E-state index < -0.39 is 0 Å². The lowest BCUT2D eigenvalue weighted by Crippen LogP contribution is -2.41. The Hall–Kier alpha value is -2.53. The summed E-state index contributed by atoms with van der Waals surface area (Å²) >= 11 is 0. The molecule has 0 saturated heterocycles. The molecule has 2 aliphatic rings. The van der Waals surface area contributed by atoms with Crippen LogP contribution in [0.5, 0.6) is 11.5 Å². The van der Waals surface area contributed by atoms with Crippen molar-refractivity contribution in [2.75, 3.05) is 6.61 Å². The number of phenols is 1. The summed E-state index contributed by atoms with van der Waals surface area (Å²) < 4.78 is 5.57. The Kier molecular flexibility index (Phi) is 4.32. The lowest BCUT2D eigenvalue weighted by molar-refractivity contribution is 0.0235. The van der Waals surface area contributed by atoms with Crippen LogP contribution in [0, 0.1) is 12.8 Å². The van der Waals surface area contributed by atoms with Gasteiger partial charge in [-0.3, -0.25) is 4.79 Å².